The van der Waals surface area contributed by atoms with Crippen LogP contribution in [0, 0.1) is 5.41 Å². The van der Waals surface area contributed by atoms with E-state index < -0.39 is 5.54 Å². The van der Waals surface area contributed by atoms with Crippen molar-refractivity contribution < 1.29 is 14.6 Å². The molecule has 0 radical (unpaired) electrons. The lowest BCUT2D eigenvalue weighted by Gasteiger charge is -2.39. The number of nitrogens with zero attached hydrogens (tertiary/aromatic N) is 4. The van der Waals surface area contributed by atoms with Gasteiger partial charge in [-0.15, -0.1) is 0 Å². The van der Waals surface area contributed by atoms with Crippen LogP contribution in [0.15, 0.2) is 12.4 Å². The van der Waals surface area contributed by atoms with Gasteiger partial charge in [0.15, 0.2) is 0 Å². The van der Waals surface area contributed by atoms with Gasteiger partial charge in [0.05, 0.1) is 18.3 Å². The van der Waals surface area contributed by atoms with Crippen LogP contribution in [-0.4, -0.2) is 76.1 Å². The summed E-state index contributed by atoms with van der Waals surface area (Å²) in [6, 6.07) is 0. The van der Waals surface area contributed by atoms with Crippen molar-refractivity contribution in [1.82, 2.24) is 19.6 Å². The van der Waals surface area contributed by atoms with Crippen LogP contribution in [0.3, 0.4) is 0 Å². The van der Waals surface area contributed by atoms with Crippen LogP contribution in [0.5, 0.6) is 0 Å². The number of aliphatic hydroxyl groups excluding tert-OH is 1. The standard InChI is InChI=1S/C18H30N4O3/c1-17(14-23)12-18(13-22(17)16(24)11-25-3)4-6-21(7-5-18)10-15-8-19-20(2)9-15/h8-9,23H,4-7,10-14H2,1-3H3/t17-/m0/s1. The van der Waals surface area contributed by atoms with Crippen LogP contribution in [0.25, 0.3) is 0 Å². The molecular weight excluding hydrogens is 320 g/mol. The highest BCUT2D eigenvalue weighted by molar-refractivity contribution is 5.78. The highest BCUT2D eigenvalue weighted by atomic mass is 16.5. The number of ether oxygens (including phenoxy) is 1. The van der Waals surface area contributed by atoms with Crippen LogP contribution < -0.4 is 0 Å². The topological polar surface area (TPSA) is 70.8 Å². The number of hydrogen-bond donors (Lipinski definition) is 1. The monoisotopic (exact) mass is 350 g/mol. The van der Waals surface area contributed by atoms with Crippen LogP contribution in [-0.2, 0) is 23.1 Å². The summed E-state index contributed by atoms with van der Waals surface area (Å²) in [5.41, 5.74) is 0.884. The molecule has 0 aliphatic carbocycles. The average molecular weight is 350 g/mol. The SMILES string of the molecule is COCC(=O)N1CC2(CCN(Cc3cnn(C)c3)CC2)C[C@@]1(C)CO. The number of carbonyl (C=O) groups excluding carboxylic acids is 1. The van der Waals surface area contributed by atoms with Gasteiger partial charge < -0.3 is 14.7 Å². The zero-order chi connectivity index (χ0) is 18.1. The van der Waals surface area contributed by atoms with Crippen molar-refractivity contribution in [2.45, 2.75) is 38.3 Å². The van der Waals surface area contributed by atoms with Gasteiger partial charge in [0.1, 0.15) is 6.61 Å². The van der Waals surface area contributed by atoms with Gasteiger partial charge in [0.2, 0.25) is 5.91 Å². The van der Waals surface area contributed by atoms with E-state index >= 15 is 0 Å². The van der Waals surface area contributed by atoms with Crippen molar-refractivity contribution in [2.75, 3.05) is 40.0 Å². The first-order chi connectivity index (χ1) is 11.9. The first-order valence-corrected chi connectivity index (χ1v) is 9.00. The Hall–Kier alpha value is -1.44. The molecule has 1 spiro atoms. The quantitative estimate of drug-likeness (QED) is 0.844. The van der Waals surface area contributed by atoms with Crippen molar-refractivity contribution >= 4 is 5.91 Å². The van der Waals surface area contributed by atoms with Crippen LogP contribution in [0.4, 0.5) is 0 Å². The Morgan fingerprint density at radius 2 is 2.12 bits per heavy atom. The Morgan fingerprint density at radius 3 is 2.68 bits per heavy atom. The second-order valence-corrected chi connectivity index (χ2v) is 8.04. The number of aryl methyl sites for hydroxylation is 1. The molecule has 2 aliphatic rings. The molecule has 25 heavy (non-hydrogen) atoms. The molecule has 1 amide bonds. The normalized spacial score (nSPS) is 26.5. The summed E-state index contributed by atoms with van der Waals surface area (Å²) in [6.07, 6.45) is 6.97. The Bertz CT molecular complexity index is 609. The van der Waals surface area contributed by atoms with Gasteiger partial charge in [-0.25, -0.2) is 0 Å². The second-order valence-electron chi connectivity index (χ2n) is 8.04. The fraction of sp³-hybridized carbons (Fsp3) is 0.778. The number of likely N-dealkylation sites (tertiary alicyclic amines) is 2. The summed E-state index contributed by atoms with van der Waals surface area (Å²) in [5, 5.41) is 14.2. The number of carbonyl (C=O) groups is 1. The Kier molecular flexibility index (Phi) is 5.18. The van der Waals surface area contributed by atoms with Crippen molar-refractivity contribution in [1.29, 1.82) is 0 Å². The molecule has 3 rings (SSSR count). The van der Waals surface area contributed by atoms with Crippen LogP contribution in [0.1, 0.15) is 31.7 Å². The molecule has 1 N–H and O–H groups in total. The lowest BCUT2D eigenvalue weighted by Crippen LogP contribution is -2.49. The molecule has 0 saturated carbocycles. The predicted molar refractivity (Wildman–Crippen MR) is 93.8 cm³/mol. The highest BCUT2D eigenvalue weighted by Gasteiger charge is 2.52. The molecule has 7 heteroatoms. The van der Waals surface area contributed by atoms with E-state index in [-0.39, 0.29) is 24.5 Å². The average Bonchev–Trinajstić information content (AvgIpc) is 3.12. The summed E-state index contributed by atoms with van der Waals surface area (Å²) in [5.74, 6) is -0.0197. The predicted octanol–water partition coefficient (Wildman–Crippen LogP) is 0.632. The maximum atomic E-state index is 12.4. The van der Waals surface area contributed by atoms with E-state index in [0.29, 0.717) is 0 Å². The number of aliphatic hydroxyl groups is 1. The fourth-order valence-electron chi connectivity index (χ4n) is 4.55. The molecule has 2 aliphatic heterocycles. The van der Waals surface area contributed by atoms with Gasteiger partial charge >= 0.3 is 0 Å². The minimum absolute atomic E-state index is 0.00357. The largest absolute Gasteiger partial charge is 0.394 e. The number of aromatic nitrogens is 2. The van der Waals surface area contributed by atoms with Gasteiger partial charge in [0, 0.05) is 39.0 Å². The zero-order valence-electron chi connectivity index (χ0n) is 15.6. The third-order valence-corrected chi connectivity index (χ3v) is 5.89. The number of hydrogen-bond acceptors (Lipinski definition) is 5. The third kappa shape index (κ3) is 3.73. The molecule has 1 aromatic rings. The van der Waals surface area contributed by atoms with Gasteiger partial charge in [-0.3, -0.25) is 14.4 Å². The van der Waals surface area contributed by atoms with Crippen molar-refractivity contribution in [3.8, 4) is 0 Å². The van der Waals surface area contributed by atoms with E-state index in [1.807, 2.05) is 29.7 Å². The van der Waals surface area contributed by atoms with E-state index in [2.05, 4.69) is 16.2 Å². The van der Waals surface area contributed by atoms with E-state index in [1.165, 1.54) is 12.7 Å². The number of piperidine rings is 1. The number of amides is 1. The van der Waals surface area contributed by atoms with Crippen molar-refractivity contribution in [3.05, 3.63) is 18.0 Å². The van der Waals surface area contributed by atoms with E-state index in [0.717, 1.165) is 45.4 Å². The Labute approximate surface area is 149 Å². The van der Waals surface area contributed by atoms with Crippen molar-refractivity contribution in [2.24, 2.45) is 12.5 Å². The summed E-state index contributed by atoms with van der Waals surface area (Å²) in [7, 11) is 3.48. The molecular formula is C18H30N4O3. The highest BCUT2D eigenvalue weighted by Crippen LogP contribution is 2.48. The number of rotatable bonds is 5. The van der Waals surface area contributed by atoms with Gasteiger partial charge in [-0.2, -0.15) is 5.10 Å². The summed E-state index contributed by atoms with van der Waals surface area (Å²) in [6.45, 7) is 5.77. The molecule has 2 saturated heterocycles. The summed E-state index contributed by atoms with van der Waals surface area (Å²) in [4.78, 5) is 16.7. The zero-order valence-corrected chi connectivity index (χ0v) is 15.6. The molecule has 1 aromatic heterocycles. The smallest absolute Gasteiger partial charge is 0.249 e. The summed E-state index contributed by atoms with van der Waals surface area (Å²) < 4.78 is 6.86. The van der Waals surface area contributed by atoms with Gasteiger partial charge in [-0.1, -0.05) is 0 Å². The molecule has 0 unspecified atom stereocenters. The van der Waals surface area contributed by atoms with Gasteiger partial charge in [0.25, 0.3) is 0 Å². The second kappa shape index (κ2) is 7.05. The molecule has 3 heterocycles. The minimum atomic E-state index is -0.471. The summed E-state index contributed by atoms with van der Waals surface area (Å²) >= 11 is 0. The molecule has 140 valence electrons. The van der Waals surface area contributed by atoms with Gasteiger partial charge in [-0.05, 0) is 44.7 Å². The lowest BCUT2D eigenvalue weighted by atomic mass is 9.74. The molecule has 7 nitrogen and oxygen atoms in total. The van der Waals surface area contributed by atoms with E-state index in [1.54, 1.807) is 0 Å². The first-order valence-electron chi connectivity index (χ1n) is 9.00. The minimum Gasteiger partial charge on any atom is -0.394 e. The van der Waals surface area contributed by atoms with Crippen LogP contribution >= 0.6 is 0 Å². The maximum absolute atomic E-state index is 12.4. The Morgan fingerprint density at radius 1 is 1.40 bits per heavy atom. The maximum Gasteiger partial charge on any atom is 0.249 e. The molecule has 1 atom stereocenters. The third-order valence-electron chi connectivity index (χ3n) is 5.89. The van der Waals surface area contributed by atoms with Crippen LogP contribution in [0.2, 0.25) is 0 Å². The molecule has 2 fully saturated rings. The van der Waals surface area contributed by atoms with E-state index in [4.69, 9.17) is 4.74 Å². The fourth-order valence-corrected chi connectivity index (χ4v) is 4.55. The Balaban J connectivity index is 1.63. The molecule has 0 bridgehead atoms. The number of methoxy groups -OCH3 is 1. The molecule has 0 aromatic carbocycles. The van der Waals surface area contributed by atoms with Crippen molar-refractivity contribution in [3.63, 3.8) is 0 Å². The first kappa shape index (κ1) is 18.4. The lowest BCUT2D eigenvalue weighted by molar-refractivity contribution is -0.140. The van der Waals surface area contributed by atoms with E-state index in [9.17, 15) is 9.90 Å².